The van der Waals surface area contributed by atoms with Crippen LogP contribution in [0, 0.1) is 0 Å². The molecule has 0 amide bonds. The first-order valence-electron chi connectivity index (χ1n) is 12.0. The highest BCUT2D eigenvalue weighted by Crippen LogP contribution is 2.36. The molecule has 32 heavy (non-hydrogen) atoms. The molecule has 2 heterocycles. The van der Waals surface area contributed by atoms with Crippen molar-refractivity contribution in [2.75, 3.05) is 0 Å². The van der Waals surface area contributed by atoms with Crippen LogP contribution in [-0.2, 0) is 6.42 Å². The van der Waals surface area contributed by atoms with Crippen molar-refractivity contribution in [2.24, 2.45) is 0 Å². The molecule has 0 saturated carbocycles. The Balaban J connectivity index is 1.38. The Morgan fingerprint density at radius 2 is 1.25 bits per heavy atom. The van der Waals surface area contributed by atoms with Crippen molar-refractivity contribution < 1.29 is 8.83 Å². The average molecular weight is 421 g/mol. The van der Waals surface area contributed by atoms with E-state index in [4.69, 9.17) is 8.83 Å². The van der Waals surface area contributed by atoms with Crippen LogP contribution in [0.2, 0.25) is 0 Å². The molecule has 0 radical (unpaired) electrons. The Bertz CT molecular complexity index is 1560. The zero-order valence-electron chi connectivity index (χ0n) is 18.6. The fourth-order valence-electron chi connectivity index (χ4n) is 5.12. The van der Waals surface area contributed by atoms with Gasteiger partial charge in [-0.3, -0.25) is 0 Å². The second-order valence-corrected chi connectivity index (χ2v) is 9.10. The van der Waals surface area contributed by atoms with Crippen LogP contribution in [0.5, 0.6) is 0 Å². The fourth-order valence-corrected chi connectivity index (χ4v) is 5.12. The highest BCUT2D eigenvalue weighted by atomic mass is 16.3. The number of unbranched alkanes of at least 4 members (excludes halogenated alkanes) is 5. The zero-order valence-corrected chi connectivity index (χ0v) is 18.6. The molecular weight excluding hydrogens is 392 g/mol. The number of furan rings is 2. The Morgan fingerprint density at radius 1 is 0.562 bits per heavy atom. The van der Waals surface area contributed by atoms with Crippen LogP contribution < -0.4 is 0 Å². The van der Waals surface area contributed by atoms with Crippen molar-refractivity contribution in [1.29, 1.82) is 0 Å². The lowest BCUT2D eigenvalue weighted by Gasteiger charge is -2.08. The molecule has 0 bridgehead atoms. The molecular formula is C30H28O2. The van der Waals surface area contributed by atoms with Crippen LogP contribution in [0.1, 0.15) is 51.2 Å². The van der Waals surface area contributed by atoms with Crippen LogP contribution in [0.4, 0.5) is 0 Å². The van der Waals surface area contributed by atoms with E-state index in [-0.39, 0.29) is 0 Å². The third-order valence-electron chi connectivity index (χ3n) is 6.87. The molecule has 2 heteroatoms. The largest absolute Gasteiger partial charge is 0.464 e. The normalized spacial score (nSPS) is 12.2. The summed E-state index contributed by atoms with van der Waals surface area (Å²) in [4.78, 5) is 0. The van der Waals surface area contributed by atoms with E-state index in [0.29, 0.717) is 0 Å². The molecule has 2 aromatic heterocycles. The van der Waals surface area contributed by atoms with Crippen LogP contribution in [0.25, 0.3) is 54.3 Å². The summed E-state index contributed by atoms with van der Waals surface area (Å²) in [5, 5.41) is 9.93. The van der Waals surface area contributed by atoms with Gasteiger partial charge in [0, 0.05) is 17.2 Å². The van der Waals surface area contributed by atoms with Gasteiger partial charge in [-0.15, -0.1) is 0 Å². The summed E-state index contributed by atoms with van der Waals surface area (Å²) in [6, 6.07) is 22.1. The van der Waals surface area contributed by atoms with Crippen molar-refractivity contribution in [3.63, 3.8) is 0 Å². The Hall–Kier alpha value is -3.26. The first kappa shape index (κ1) is 19.4. The van der Waals surface area contributed by atoms with Crippen LogP contribution >= 0.6 is 0 Å². The van der Waals surface area contributed by atoms with E-state index >= 15 is 0 Å². The highest BCUT2D eigenvalue weighted by Gasteiger charge is 2.10. The summed E-state index contributed by atoms with van der Waals surface area (Å²) >= 11 is 0. The second kappa shape index (κ2) is 8.02. The molecule has 0 atom stereocenters. The molecule has 0 aliphatic carbocycles. The monoisotopic (exact) mass is 420 g/mol. The first-order chi connectivity index (χ1) is 15.8. The van der Waals surface area contributed by atoms with Gasteiger partial charge in [0.15, 0.2) is 0 Å². The minimum Gasteiger partial charge on any atom is -0.464 e. The van der Waals surface area contributed by atoms with Crippen molar-refractivity contribution in [3.8, 4) is 0 Å². The van der Waals surface area contributed by atoms with Crippen LogP contribution in [-0.4, -0.2) is 0 Å². The molecule has 0 aliphatic heterocycles. The highest BCUT2D eigenvalue weighted by molar-refractivity contribution is 6.20. The van der Waals surface area contributed by atoms with E-state index in [2.05, 4.69) is 61.5 Å². The lowest BCUT2D eigenvalue weighted by Crippen LogP contribution is -1.83. The van der Waals surface area contributed by atoms with Gasteiger partial charge in [0.05, 0.1) is 6.26 Å². The summed E-state index contributed by atoms with van der Waals surface area (Å²) in [7, 11) is 0. The van der Waals surface area contributed by atoms with E-state index in [9.17, 15) is 0 Å². The first-order valence-corrected chi connectivity index (χ1v) is 12.0. The molecule has 0 fully saturated rings. The van der Waals surface area contributed by atoms with Gasteiger partial charge >= 0.3 is 0 Å². The number of fused-ring (bicyclic) bond motifs is 7. The van der Waals surface area contributed by atoms with Crippen molar-refractivity contribution in [3.05, 3.63) is 72.7 Å². The van der Waals surface area contributed by atoms with Gasteiger partial charge in [0.25, 0.3) is 0 Å². The van der Waals surface area contributed by atoms with Crippen LogP contribution in [0.15, 0.2) is 75.8 Å². The smallest absolute Gasteiger partial charge is 0.134 e. The topological polar surface area (TPSA) is 26.3 Å². The minimum atomic E-state index is 0.940. The van der Waals surface area contributed by atoms with Crippen molar-refractivity contribution >= 4 is 54.3 Å². The summed E-state index contributed by atoms with van der Waals surface area (Å²) < 4.78 is 11.8. The quantitative estimate of drug-likeness (QED) is 0.190. The van der Waals surface area contributed by atoms with Gasteiger partial charge in [0.2, 0.25) is 0 Å². The molecule has 0 saturated heterocycles. The minimum absolute atomic E-state index is 0.940. The van der Waals surface area contributed by atoms with E-state index in [1.165, 1.54) is 76.2 Å². The molecule has 0 unspecified atom stereocenters. The summed E-state index contributed by atoms with van der Waals surface area (Å²) in [6.45, 7) is 2.27. The van der Waals surface area contributed by atoms with Gasteiger partial charge in [-0.25, -0.2) is 0 Å². The van der Waals surface area contributed by atoms with Gasteiger partial charge in [-0.2, -0.15) is 0 Å². The van der Waals surface area contributed by atoms with Crippen molar-refractivity contribution in [2.45, 2.75) is 51.9 Å². The Morgan fingerprint density at radius 3 is 2.03 bits per heavy atom. The zero-order chi connectivity index (χ0) is 21.5. The van der Waals surface area contributed by atoms with Crippen LogP contribution in [0.3, 0.4) is 0 Å². The SMILES string of the molecule is CCCCCCCCc1cc2cc3c(ccc4c5cc6ccoc6cc5ccc34)cc2o1. The number of aryl methyl sites for hydroxylation is 1. The van der Waals surface area contributed by atoms with Gasteiger partial charge in [0.1, 0.15) is 16.9 Å². The third kappa shape index (κ3) is 3.35. The summed E-state index contributed by atoms with van der Waals surface area (Å²) in [6.07, 6.45) is 10.6. The van der Waals surface area contributed by atoms with E-state index in [1.54, 1.807) is 6.26 Å². The number of hydrogen-bond donors (Lipinski definition) is 0. The number of rotatable bonds is 7. The predicted molar refractivity (Wildman–Crippen MR) is 136 cm³/mol. The lowest BCUT2D eigenvalue weighted by molar-refractivity contribution is 0.522. The molecule has 4 aromatic carbocycles. The molecule has 2 nitrogen and oxygen atoms in total. The molecule has 0 aliphatic rings. The van der Waals surface area contributed by atoms with Crippen molar-refractivity contribution in [1.82, 2.24) is 0 Å². The Labute approximate surface area is 187 Å². The molecule has 6 aromatic rings. The van der Waals surface area contributed by atoms with Gasteiger partial charge in [-0.1, -0.05) is 63.3 Å². The maximum Gasteiger partial charge on any atom is 0.134 e. The standard InChI is InChI=1S/C30H28O2/c1-2-3-4-5-6-7-8-24-15-23-17-28-21(19-30(23)32-24)10-12-25-26(28)11-9-20-18-29-22(13-14-31-29)16-27(20)25/h9-19H,2-8H2,1H3. The lowest BCUT2D eigenvalue weighted by atomic mass is 9.96. The number of benzene rings is 4. The number of hydrogen-bond acceptors (Lipinski definition) is 2. The molecule has 6 rings (SSSR count). The van der Waals surface area contributed by atoms with E-state index < -0.39 is 0 Å². The predicted octanol–water partition coefficient (Wildman–Crippen LogP) is 9.54. The molecule has 0 spiro atoms. The van der Waals surface area contributed by atoms with Gasteiger partial charge in [-0.05, 0) is 75.1 Å². The Kier molecular flexibility index (Phi) is 4.87. The molecule has 0 N–H and O–H groups in total. The fraction of sp³-hybridized carbons (Fsp3) is 0.267. The third-order valence-corrected chi connectivity index (χ3v) is 6.87. The van der Waals surface area contributed by atoms with Gasteiger partial charge < -0.3 is 8.83 Å². The summed E-state index contributed by atoms with van der Waals surface area (Å²) in [5.74, 6) is 1.11. The maximum absolute atomic E-state index is 6.22. The van der Waals surface area contributed by atoms with E-state index in [1.807, 2.05) is 6.07 Å². The molecule has 160 valence electrons. The average Bonchev–Trinajstić information content (AvgIpc) is 3.43. The van der Waals surface area contributed by atoms with E-state index in [0.717, 1.165) is 28.7 Å². The summed E-state index contributed by atoms with van der Waals surface area (Å²) in [5.41, 5.74) is 1.94. The second-order valence-electron chi connectivity index (χ2n) is 9.10. The maximum atomic E-state index is 6.22.